The first-order valence-electron chi connectivity index (χ1n) is 11.8. The summed E-state index contributed by atoms with van der Waals surface area (Å²) in [6.45, 7) is 8.77. The lowest BCUT2D eigenvalue weighted by Crippen LogP contribution is -2.29. The number of thioether (sulfide) groups is 2. The van der Waals surface area contributed by atoms with Gasteiger partial charge >= 0.3 is 0 Å². The van der Waals surface area contributed by atoms with Crippen LogP contribution >= 0.6 is 23.5 Å². The molecule has 2 heterocycles. The summed E-state index contributed by atoms with van der Waals surface area (Å²) in [6, 6.07) is 13.4. The molecule has 7 nitrogen and oxygen atoms in total. The van der Waals surface area contributed by atoms with Crippen LogP contribution < -0.4 is 10.1 Å². The lowest BCUT2D eigenvalue weighted by molar-refractivity contribution is -0.122. The molecule has 1 amide bonds. The second kappa shape index (κ2) is 10.8. The SMILES string of the molecule is CCNc1ccc(C(C)=O)cc1N=C1S/C(=C2\SC(C)=C(c3ccc(OC)cc3)N2C)C(=O)N1CC. The zero-order valence-corrected chi connectivity index (χ0v) is 23.0. The van der Waals surface area contributed by atoms with Gasteiger partial charge in [0.15, 0.2) is 11.0 Å². The molecule has 4 rings (SSSR count). The fourth-order valence-electron chi connectivity index (χ4n) is 4.13. The van der Waals surface area contributed by atoms with Crippen molar-refractivity contribution in [3.63, 3.8) is 0 Å². The molecule has 0 atom stereocenters. The summed E-state index contributed by atoms with van der Waals surface area (Å²) < 4.78 is 5.30. The lowest BCUT2D eigenvalue weighted by atomic mass is 10.1. The summed E-state index contributed by atoms with van der Waals surface area (Å²) in [7, 11) is 3.64. The van der Waals surface area contributed by atoms with Gasteiger partial charge in [-0.3, -0.25) is 14.5 Å². The predicted octanol–water partition coefficient (Wildman–Crippen LogP) is 6.15. The highest BCUT2D eigenvalue weighted by Crippen LogP contribution is 2.50. The minimum Gasteiger partial charge on any atom is -0.497 e. The Bertz CT molecular complexity index is 1300. The maximum atomic E-state index is 13.5. The Morgan fingerprint density at radius 1 is 1.11 bits per heavy atom. The number of ether oxygens (including phenoxy) is 1. The van der Waals surface area contributed by atoms with Gasteiger partial charge in [-0.2, -0.15) is 0 Å². The first-order valence-corrected chi connectivity index (χ1v) is 13.4. The molecule has 2 aromatic rings. The van der Waals surface area contributed by atoms with Crippen molar-refractivity contribution >= 4 is 57.5 Å². The van der Waals surface area contributed by atoms with Gasteiger partial charge in [-0.25, -0.2) is 4.99 Å². The number of methoxy groups -OCH3 is 1. The number of likely N-dealkylation sites (N-methyl/N-ethyl adjacent to an activating group) is 1. The fraction of sp³-hybridized carbons (Fsp3) is 0.296. The van der Waals surface area contributed by atoms with Gasteiger partial charge in [-0.1, -0.05) is 11.8 Å². The number of hydrogen-bond donors (Lipinski definition) is 1. The maximum Gasteiger partial charge on any atom is 0.269 e. The largest absolute Gasteiger partial charge is 0.497 e. The minimum absolute atomic E-state index is 0.0265. The number of amidine groups is 1. The molecule has 1 saturated heterocycles. The zero-order chi connectivity index (χ0) is 26.0. The molecule has 1 N–H and O–H groups in total. The van der Waals surface area contributed by atoms with Crippen LogP contribution in [0.25, 0.3) is 5.70 Å². The summed E-state index contributed by atoms with van der Waals surface area (Å²) >= 11 is 2.98. The monoisotopic (exact) mass is 522 g/mol. The highest BCUT2D eigenvalue weighted by molar-refractivity contribution is 8.19. The number of hydrogen-bond acceptors (Lipinski definition) is 8. The predicted molar refractivity (Wildman–Crippen MR) is 151 cm³/mol. The summed E-state index contributed by atoms with van der Waals surface area (Å²) in [4.78, 5) is 35.9. The van der Waals surface area contributed by atoms with Crippen molar-refractivity contribution in [3.05, 3.63) is 68.4 Å². The highest BCUT2D eigenvalue weighted by atomic mass is 32.2. The van der Waals surface area contributed by atoms with Crippen LogP contribution in [0.4, 0.5) is 11.4 Å². The third kappa shape index (κ3) is 4.90. The van der Waals surface area contributed by atoms with Gasteiger partial charge in [0.2, 0.25) is 0 Å². The molecule has 188 valence electrons. The van der Waals surface area contributed by atoms with E-state index in [4.69, 9.17) is 9.73 Å². The summed E-state index contributed by atoms with van der Waals surface area (Å²) in [5.41, 5.74) is 4.18. The molecule has 0 spiro atoms. The zero-order valence-electron chi connectivity index (χ0n) is 21.3. The molecule has 36 heavy (non-hydrogen) atoms. The average molecular weight is 523 g/mol. The van der Waals surface area contributed by atoms with Crippen LogP contribution in [0.2, 0.25) is 0 Å². The third-order valence-electron chi connectivity index (χ3n) is 5.95. The van der Waals surface area contributed by atoms with Gasteiger partial charge in [0.05, 0.1) is 29.2 Å². The van der Waals surface area contributed by atoms with Crippen molar-refractivity contribution in [2.45, 2.75) is 27.7 Å². The Labute approximate surface area is 220 Å². The first-order chi connectivity index (χ1) is 17.3. The van der Waals surface area contributed by atoms with E-state index in [1.807, 2.05) is 51.2 Å². The van der Waals surface area contributed by atoms with Crippen molar-refractivity contribution in [1.82, 2.24) is 9.80 Å². The van der Waals surface area contributed by atoms with Gasteiger partial charge in [0.1, 0.15) is 10.7 Å². The number of benzene rings is 2. The number of carbonyl (C=O) groups excluding carboxylic acids is 2. The van der Waals surface area contributed by atoms with E-state index < -0.39 is 0 Å². The van der Waals surface area contributed by atoms with E-state index in [1.165, 1.54) is 18.7 Å². The van der Waals surface area contributed by atoms with Crippen molar-refractivity contribution in [3.8, 4) is 5.75 Å². The number of Topliss-reactive ketones (excluding diaryl/α,β-unsaturated/α-hetero) is 1. The normalized spacial score (nSPS) is 19.1. The average Bonchev–Trinajstić information content (AvgIpc) is 3.34. The second-order valence-electron chi connectivity index (χ2n) is 8.29. The number of nitrogens with zero attached hydrogens (tertiary/aromatic N) is 3. The van der Waals surface area contributed by atoms with E-state index >= 15 is 0 Å². The second-order valence-corrected chi connectivity index (χ2v) is 10.5. The fourth-order valence-corrected chi connectivity index (χ4v) is 6.50. The van der Waals surface area contributed by atoms with E-state index in [-0.39, 0.29) is 11.7 Å². The Morgan fingerprint density at radius 3 is 2.44 bits per heavy atom. The molecule has 0 unspecified atom stereocenters. The summed E-state index contributed by atoms with van der Waals surface area (Å²) in [5, 5.41) is 4.80. The molecule has 0 aromatic heterocycles. The smallest absolute Gasteiger partial charge is 0.269 e. The molecular formula is C27H30N4O3S2. The van der Waals surface area contributed by atoms with Gasteiger partial charge in [-0.05, 0) is 87.5 Å². The minimum atomic E-state index is -0.0629. The number of carbonyl (C=O) groups is 2. The number of aliphatic imine (C=N–C) groups is 1. The maximum absolute atomic E-state index is 13.5. The van der Waals surface area contributed by atoms with Crippen LogP contribution in [0.1, 0.15) is 43.6 Å². The van der Waals surface area contributed by atoms with Crippen molar-refractivity contribution in [2.75, 3.05) is 32.6 Å². The molecule has 0 saturated carbocycles. The van der Waals surface area contributed by atoms with Crippen LogP contribution in [-0.4, -0.2) is 53.9 Å². The number of amides is 1. The molecule has 0 aliphatic carbocycles. The van der Waals surface area contributed by atoms with Crippen molar-refractivity contribution in [1.29, 1.82) is 0 Å². The van der Waals surface area contributed by atoms with Crippen LogP contribution in [0.3, 0.4) is 0 Å². The Balaban J connectivity index is 1.71. The van der Waals surface area contributed by atoms with Gasteiger partial charge < -0.3 is 15.0 Å². The number of rotatable bonds is 7. The lowest BCUT2D eigenvalue weighted by Gasteiger charge is -2.19. The third-order valence-corrected chi connectivity index (χ3v) is 8.31. The summed E-state index contributed by atoms with van der Waals surface area (Å²) in [6.07, 6.45) is 0. The van der Waals surface area contributed by atoms with E-state index in [0.717, 1.165) is 39.2 Å². The van der Waals surface area contributed by atoms with Gasteiger partial charge in [0.25, 0.3) is 5.91 Å². The van der Waals surface area contributed by atoms with Gasteiger partial charge in [-0.15, -0.1) is 0 Å². The van der Waals surface area contributed by atoms with Crippen molar-refractivity contribution < 1.29 is 14.3 Å². The Hall–Kier alpha value is -3.17. The highest BCUT2D eigenvalue weighted by Gasteiger charge is 2.39. The number of nitrogens with one attached hydrogen (secondary N) is 1. The van der Waals surface area contributed by atoms with Crippen molar-refractivity contribution in [2.24, 2.45) is 4.99 Å². The Morgan fingerprint density at radius 2 is 1.83 bits per heavy atom. The summed E-state index contributed by atoms with van der Waals surface area (Å²) in [5.74, 6) is 0.712. The Kier molecular flexibility index (Phi) is 7.80. The molecule has 2 aliphatic rings. The molecule has 2 aromatic carbocycles. The molecule has 2 aliphatic heterocycles. The van der Waals surface area contributed by atoms with E-state index in [1.54, 1.807) is 35.9 Å². The van der Waals surface area contributed by atoms with E-state index in [2.05, 4.69) is 17.1 Å². The van der Waals surface area contributed by atoms with E-state index in [0.29, 0.717) is 27.9 Å². The van der Waals surface area contributed by atoms with E-state index in [9.17, 15) is 9.59 Å². The molecule has 9 heteroatoms. The quantitative estimate of drug-likeness (QED) is 0.345. The molecule has 1 fully saturated rings. The number of ketones is 1. The van der Waals surface area contributed by atoms with Crippen LogP contribution in [0.15, 0.2) is 62.3 Å². The van der Waals surface area contributed by atoms with Gasteiger partial charge in [0, 0.05) is 30.6 Å². The number of allylic oxidation sites excluding steroid dienone is 1. The topological polar surface area (TPSA) is 74.2 Å². The number of anilines is 1. The first kappa shape index (κ1) is 25.9. The van der Waals surface area contributed by atoms with Crippen LogP contribution in [0.5, 0.6) is 5.75 Å². The molecular weight excluding hydrogens is 492 g/mol. The van der Waals surface area contributed by atoms with Crippen LogP contribution in [0, 0.1) is 0 Å². The molecule has 0 radical (unpaired) electrons. The molecule has 0 bridgehead atoms. The standard InChI is InChI=1S/C27H30N4O3S2/c1-7-28-21-14-11-19(16(3)32)15-22(21)29-27-31(8-2)25(33)24(36-27)26-30(5)23(17(4)35-26)18-9-12-20(34-6)13-10-18/h9-15,28H,7-8H2,1-6H3/b26-24-,29-27?. The van der Waals surface area contributed by atoms with Crippen LogP contribution in [-0.2, 0) is 4.79 Å².